The molecule has 0 bridgehead atoms. The van der Waals surface area contributed by atoms with Crippen LogP contribution in [-0.4, -0.2) is 29.0 Å². The predicted octanol–water partition coefficient (Wildman–Crippen LogP) is 2.25. The first-order chi connectivity index (χ1) is 7.79. The molecule has 1 aromatic heterocycles. The van der Waals surface area contributed by atoms with Crippen molar-refractivity contribution in [2.75, 3.05) is 12.8 Å². The first kappa shape index (κ1) is 11.9. The zero-order valence-corrected chi connectivity index (χ0v) is 10.7. The van der Waals surface area contributed by atoms with Crippen LogP contribution in [0.15, 0.2) is 9.64 Å². The number of rotatable bonds is 5. The van der Waals surface area contributed by atoms with Gasteiger partial charge in [-0.1, -0.05) is 18.2 Å². The Bertz CT molecular complexity index is 329. The average molecular weight is 241 g/mol. The zero-order valence-electron chi connectivity index (χ0n) is 9.90. The minimum absolute atomic E-state index is 0.650. The molecule has 4 nitrogen and oxygen atoms in total. The standard InChI is InChI=1S/C11H19N3OS/c1-8-13-14-11(15-8)16-7-6-9-4-3-5-10(9)12-2/h9-10,12H,3-7H2,1-2H3. The van der Waals surface area contributed by atoms with Crippen LogP contribution in [-0.2, 0) is 0 Å². The summed E-state index contributed by atoms with van der Waals surface area (Å²) in [7, 11) is 2.07. The Morgan fingerprint density at radius 2 is 2.31 bits per heavy atom. The summed E-state index contributed by atoms with van der Waals surface area (Å²) < 4.78 is 5.33. The normalized spacial score (nSPS) is 25.1. The van der Waals surface area contributed by atoms with E-state index in [-0.39, 0.29) is 0 Å². The summed E-state index contributed by atoms with van der Waals surface area (Å²) in [6.45, 7) is 1.82. The molecule has 1 saturated carbocycles. The molecule has 0 amide bonds. The van der Waals surface area contributed by atoms with E-state index in [1.165, 1.54) is 25.7 Å². The molecular weight excluding hydrogens is 222 g/mol. The van der Waals surface area contributed by atoms with Crippen molar-refractivity contribution < 1.29 is 4.42 Å². The summed E-state index contributed by atoms with van der Waals surface area (Å²) >= 11 is 1.67. The lowest BCUT2D eigenvalue weighted by Gasteiger charge is -2.17. The molecule has 16 heavy (non-hydrogen) atoms. The molecule has 2 atom stereocenters. The Hall–Kier alpha value is -0.550. The van der Waals surface area contributed by atoms with E-state index >= 15 is 0 Å². The molecule has 0 aliphatic heterocycles. The number of thioether (sulfide) groups is 1. The Morgan fingerprint density at radius 3 is 3.00 bits per heavy atom. The number of hydrogen-bond donors (Lipinski definition) is 1. The summed E-state index contributed by atoms with van der Waals surface area (Å²) in [5, 5.41) is 11.9. The largest absolute Gasteiger partial charge is 0.416 e. The van der Waals surface area contributed by atoms with Gasteiger partial charge >= 0.3 is 0 Å². The van der Waals surface area contributed by atoms with Gasteiger partial charge in [0.1, 0.15) is 0 Å². The molecule has 1 aromatic rings. The third-order valence-electron chi connectivity index (χ3n) is 3.25. The molecule has 1 fully saturated rings. The number of nitrogens with zero attached hydrogens (tertiary/aromatic N) is 2. The third kappa shape index (κ3) is 2.98. The second-order valence-electron chi connectivity index (χ2n) is 4.31. The van der Waals surface area contributed by atoms with E-state index in [2.05, 4.69) is 22.6 Å². The average Bonchev–Trinajstić information content (AvgIpc) is 2.87. The second-order valence-corrected chi connectivity index (χ2v) is 5.36. The highest BCUT2D eigenvalue weighted by atomic mass is 32.2. The lowest BCUT2D eigenvalue weighted by atomic mass is 10.0. The molecule has 2 rings (SSSR count). The van der Waals surface area contributed by atoms with Crippen LogP contribution in [0.4, 0.5) is 0 Å². The fraction of sp³-hybridized carbons (Fsp3) is 0.818. The van der Waals surface area contributed by atoms with E-state index in [9.17, 15) is 0 Å². The highest BCUT2D eigenvalue weighted by molar-refractivity contribution is 7.99. The van der Waals surface area contributed by atoms with Gasteiger partial charge in [0.2, 0.25) is 5.89 Å². The second kappa shape index (κ2) is 5.68. The van der Waals surface area contributed by atoms with Crippen molar-refractivity contribution in [3.63, 3.8) is 0 Å². The first-order valence-electron chi connectivity index (χ1n) is 5.90. The summed E-state index contributed by atoms with van der Waals surface area (Å²) in [5.41, 5.74) is 0. The van der Waals surface area contributed by atoms with Crippen LogP contribution < -0.4 is 5.32 Å². The predicted molar refractivity (Wildman–Crippen MR) is 64.6 cm³/mol. The molecule has 0 spiro atoms. The molecule has 0 aromatic carbocycles. The van der Waals surface area contributed by atoms with E-state index in [4.69, 9.17) is 4.42 Å². The van der Waals surface area contributed by atoms with E-state index in [0.717, 1.165) is 11.7 Å². The highest BCUT2D eigenvalue weighted by Crippen LogP contribution is 2.30. The van der Waals surface area contributed by atoms with Crippen molar-refractivity contribution in [3.05, 3.63) is 5.89 Å². The van der Waals surface area contributed by atoms with Gasteiger partial charge in [-0.25, -0.2) is 0 Å². The van der Waals surface area contributed by atoms with Gasteiger partial charge in [-0.3, -0.25) is 0 Å². The van der Waals surface area contributed by atoms with Gasteiger partial charge in [0.25, 0.3) is 5.22 Å². The van der Waals surface area contributed by atoms with Crippen LogP contribution in [0.1, 0.15) is 31.6 Å². The number of hydrogen-bond acceptors (Lipinski definition) is 5. The fourth-order valence-electron chi connectivity index (χ4n) is 2.40. The van der Waals surface area contributed by atoms with E-state index in [0.29, 0.717) is 17.2 Å². The lowest BCUT2D eigenvalue weighted by molar-refractivity contribution is 0.413. The molecule has 1 N–H and O–H groups in total. The highest BCUT2D eigenvalue weighted by Gasteiger charge is 2.25. The van der Waals surface area contributed by atoms with Gasteiger partial charge in [-0.15, -0.1) is 10.2 Å². The van der Waals surface area contributed by atoms with Crippen LogP contribution in [0.3, 0.4) is 0 Å². The van der Waals surface area contributed by atoms with E-state index < -0.39 is 0 Å². The Labute approximate surface area is 101 Å². The van der Waals surface area contributed by atoms with E-state index in [1.807, 2.05) is 6.92 Å². The van der Waals surface area contributed by atoms with Crippen LogP contribution in [0, 0.1) is 12.8 Å². The van der Waals surface area contributed by atoms with Crippen molar-refractivity contribution in [1.82, 2.24) is 15.5 Å². The van der Waals surface area contributed by atoms with Gasteiger partial charge in [0, 0.05) is 18.7 Å². The summed E-state index contributed by atoms with van der Waals surface area (Å²) in [6, 6.07) is 0.713. The van der Waals surface area contributed by atoms with Gasteiger partial charge < -0.3 is 9.73 Å². The molecule has 0 radical (unpaired) electrons. The lowest BCUT2D eigenvalue weighted by Crippen LogP contribution is -2.29. The molecule has 5 heteroatoms. The molecule has 90 valence electrons. The monoisotopic (exact) mass is 241 g/mol. The number of nitrogens with one attached hydrogen (secondary N) is 1. The van der Waals surface area contributed by atoms with Gasteiger partial charge in [-0.05, 0) is 32.2 Å². The minimum atomic E-state index is 0.650. The molecule has 1 heterocycles. The molecule has 1 aliphatic carbocycles. The maximum absolute atomic E-state index is 5.33. The zero-order chi connectivity index (χ0) is 11.4. The quantitative estimate of drug-likeness (QED) is 0.801. The topological polar surface area (TPSA) is 51.0 Å². The maximum Gasteiger partial charge on any atom is 0.276 e. The Morgan fingerprint density at radius 1 is 1.44 bits per heavy atom. The van der Waals surface area contributed by atoms with E-state index in [1.54, 1.807) is 11.8 Å². The van der Waals surface area contributed by atoms with Crippen molar-refractivity contribution in [1.29, 1.82) is 0 Å². The molecule has 1 aliphatic rings. The fourth-order valence-corrected chi connectivity index (χ4v) is 3.27. The first-order valence-corrected chi connectivity index (χ1v) is 6.88. The van der Waals surface area contributed by atoms with Crippen LogP contribution >= 0.6 is 11.8 Å². The van der Waals surface area contributed by atoms with Gasteiger partial charge in [-0.2, -0.15) is 0 Å². The maximum atomic E-state index is 5.33. The Kier molecular flexibility index (Phi) is 4.23. The van der Waals surface area contributed by atoms with Gasteiger partial charge in [0.05, 0.1) is 0 Å². The minimum Gasteiger partial charge on any atom is -0.416 e. The number of aromatic nitrogens is 2. The molecule has 0 saturated heterocycles. The van der Waals surface area contributed by atoms with Crippen molar-refractivity contribution in [2.45, 2.75) is 43.9 Å². The van der Waals surface area contributed by atoms with Crippen LogP contribution in [0.2, 0.25) is 0 Å². The smallest absolute Gasteiger partial charge is 0.276 e. The van der Waals surface area contributed by atoms with Crippen LogP contribution in [0.5, 0.6) is 0 Å². The SMILES string of the molecule is CNC1CCCC1CCSc1nnc(C)o1. The Balaban J connectivity index is 1.71. The van der Waals surface area contributed by atoms with Gasteiger partial charge in [0.15, 0.2) is 0 Å². The summed E-state index contributed by atoms with van der Waals surface area (Å²) in [5.74, 6) is 2.54. The van der Waals surface area contributed by atoms with Crippen molar-refractivity contribution in [3.8, 4) is 0 Å². The third-order valence-corrected chi connectivity index (χ3v) is 4.10. The number of aryl methyl sites for hydroxylation is 1. The van der Waals surface area contributed by atoms with Crippen molar-refractivity contribution >= 4 is 11.8 Å². The summed E-state index contributed by atoms with van der Waals surface area (Å²) in [6.07, 6.45) is 5.28. The van der Waals surface area contributed by atoms with Crippen molar-refractivity contribution in [2.24, 2.45) is 5.92 Å². The molecular formula is C11H19N3OS. The molecule has 2 unspecified atom stereocenters. The van der Waals surface area contributed by atoms with Crippen LogP contribution in [0.25, 0.3) is 0 Å². The summed E-state index contributed by atoms with van der Waals surface area (Å²) in [4.78, 5) is 0.